The van der Waals surface area contributed by atoms with E-state index in [0.717, 1.165) is 4.47 Å². The zero-order chi connectivity index (χ0) is 16.0. The van der Waals surface area contributed by atoms with Gasteiger partial charge in [0.25, 0.3) is 0 Å². The smallest absolute Gasteiger partial charge is 0.412 e. The number of nitrogens with zero attached hydrogens (tertiary/aromatic N) is 1. The zero-order valence-corrected chi connectivity index (χ0v) is 14.3. The Labute approximate surface area is 137 Å². The number of benzene rings is 1. The first kappa shape index (κ1) is 17.4. The lowest BCUT2D eigenvalue weighted by atomic mass is 10.2. The number of ether oxygens (including phenoxy) is 1. The molecule has 0 saturated carbocycles. The van der Waals surface area contributed by atoms with E-state index in [2.05, 4.69) is 44.0 Å². The van der Waals surface area contributed by atoms with Gasteiger partial charge in [0.1, 0.15) is 5.60 Å². The molecule has 1 rings (SSSR count). The third kappa shape index (κ3) is 7.05. The predicted molar refractivity (Wildman–Crippen MR) is 91.5 cm³/mol. The topological polar surface area (TPSA) is 88.7 Å². The first-order valence-corrected chi connectivity index (χ1v) is 7.25. The predicted octanol–water partition coefficient (Wildman–Crippen LogP) is 2.96. The number of carbonyl (C=O) groups excluding carboxylic acids is 1. The number of nitrogens with two attached hydrogens (primary N) is 1. The Morgan fingerprint density at radius 1 is 1.48 bits per heavy atom. The van der Waals surface area contributed by atoms with Gasteiger partial charge in [-0.05, 0) is 45.1 Å². The molecule has 6 nitrogen and oxygen atoms in total. The normalized spacial score (nSPS) is 11.2. The van der Waals surface area contributed by atoms with Crippen molar-refractivity contribution >= 4 is 51.3 Å². The summed E-state index contributed by atoms with van der Waals surface area (Å²) in [4.78, 5) is 11.8. The Morgan fingerprint density at radius 2 is 2.14 bits per heavy atom. The van der Waals surface area contributed by atoms with E-state index >= 15 is 0 Å². The molecule has 114 valence electrons. The molecule has 0 bridgehead atoms. The van der Waals surface area contributed by atoms with Gasteiger partial charge < -0.3 is 10.5 Å². The van der Waals surface area contributed by atoms with Gasteiger partial charge in [0.15, 0.2) is 5.11 Å². The van der Waals surface area contributed by atoms with Crippen molar-refractivity contribution in [2.75, 3.05) is 5.32 Å². The number of hydrazone groups is 1. The Hall–Kier alpha value is -1.67. The van der Waals surface area contributed by atoms with Crippen molar-refractivity contribution < 1.29 is 9.53 Å². The summed E-state index contributed by atoms with van der Waals surface area (Å²) in [5.41, 5.74) is 8.38. The minimum atomic E-state index is -0.572. The van der Waals surface area contributed by atoms with Gasteiger partial charge in [-0.3, -0.25) is 10.7 Å². The Bertz CT molecular complexity index is 570. The molecule has 0 saturated heterocycles. The Morgan fingerprint density at radius 3 is 2.71 bits per heavy atom. The van der Waals surface area contributed by atoms with Crippen LogP contribution in [0.3, 0.4) is 0 Å². The molecule has 0 fully saturated rings. The van der Waals surface area contributed by atoms with Gasteiger partial charge in [0.2, 0.25) is 0 Å². The van der Waals surface area contributed by atoms with Crippen LogP contribution < -0.4 is 16.5 Å². The summed E-state index contributed by atoms with van der Waals surface area (Å²) < 4.78 is 6.03. The fourth-order valence-corrected chi connectivity index (χ4v) is 1.74. The molecule has 0 aliphatic heterocycles. The number of rotatable bonds is 3. The van der Waals surface area contributed by atoms with Crippen LogP contribution in [-0.2, 0) is 4.74 Å². The number of hydrogen-bond acceptors (Lipinski definition) is 4. The number of halogens is 1. The van der Waals surface area contributed by atoms with Crippen molar-refractivity contribution in [1.29, 1.82) is 0 Å². The summed E-state index contributed by atoms with van der Waals surface area (Å²) >= 11 is 8.00. The second-order valence-corrected chi connectivity index (χ2v) is 6.45. The Kier molecular flexibility index (Phi) is 6.10. The van der Waals surface area contributed by atoms with E-state index in [1.54, 1.807) is 32.9 Å². The maximum atomic E-state index is 11.8. The highest BCUT2D eigenvalue weighted by Gasteiger charge is 2.17. The van der Waals surface area contributed by atoms with Crippen molar-refractivity contribution in [3.05, 3.63) is 28.2 Å². The molecular formula is C13H17BrN4O2S. The van der Waals surface area contributed by atoms with Gasteiger partial charge in [-0.2, -0.15) is 5.10 Å². The Balaban J connectivity index is 2.89. The van der Waals surface area contributed by atoms with Crippen molar-refractivity contribution in [1.82, 2.24) is 5.43 Å². The average molecular weight is 373 g/mol. The molecule has 1 amide bonds. The van der Waals surface area contributed by atoms with E-state index in [9.17, 15) is 4.79 Å². The lowest BCUT2D eigenvalue weighted by Gasteiger charge is -2.20. The summed E-state index contributed by atoms with van der Waals surface area (Å²) in [6, 6.07) is 5.34. The lowest BCUT2D eigenvalue weighted by molar-refractivity contribution is 0.0636. The molecule has 8 heteroatoms. The second kappa shape index (κ2) is 7.37. The summed E-state index contributed by atoms with van der Waals surface area (Å²) in [5.74, 6) is 0. The van der Waals surface area contributed by atoms with E-state index in [-0.39, 0.29) is 5.11 Å². The molecule has 0 radical (unpaired) electrons. The van der Waals surface area contributed by atoms with Gasteiger partial charge in [-0.25, -0.2) is 4.79 Å². The molecule has 21 heavy (non-hydrogen) atoms. The number of amides is 1. The van der Waals surface area contributed by atoms with Crippen molar-refractivity contribution in [3.8, 4) is 0 Å². The van der Waals surface area contributed by atoms with Gasteiger partial charge >= 0.3 is 6.09 Å². The molecule has 4 N–H and O–H groups in total. The van der Waals surface area contributed by atoms with Crippen molar-refractivity contribution in [2.45, 2.75) is 26.4 Å². The van der Waals surface area contributed by atoms with Crippen LogP contribution in [0.1, 0.15) is 26.3 Å². The highest BCUT2D eigenvalue weighted by Crippen LogP contribution is 2.21. The molecule has 0 aliphatic rings. The fraction of sp³-hybridized carbons (Fsp3) is 0.308. The summed E-state index contributed by atoms with van der Waals surface area (Å²) in [6.07, 6.45) is 0.954. The van der Waals surface area contributed by atoms with Gasteiger partial charge in [0.05, 0.1) is 11.9 Å². The van der Waals surface area contributed by atoms with Crippen LogP contribution in [0.5, 0.6) is 0 Å². The SMILES string of the molecule is CC(C)(C)OC(=O)Nc1cc(Br)ccc1C=NNC(N)=S. The molecule has 0 unspecified atom stereocenters. The molecule has 0 aliphatic carbocycles. The molecule has 1 aromatic carbocycles. The maximum absolute atomic E-state index is 11.8. The van der Waals surface area contributed by atoms with Crippen LogP contribution in [0.2, 0.25) is 0 Å². The molecule has 1 aromatic rings. The quantitative estimate of drug-likeness (QED) is 0.431. The number of thiocarbonyl (C=S) groups is 1. The molecule has 0 aromatic heterocycles. The van der Waals surface area contributed by atoms with E-state index in [1.807, 2.05) is 6.07 Å². The minimum Gasteiger partial charge on any atom is -0.444 e. The molecule has 0 spiro atoms. The van der Waals surface area contributed by atoms with Gasteiger partial charge in [-0.1, -0.05) is 22.0 Å². The summed E-state index contributed by atoms with van der Waals surface area (Å²) in [6.45, 7) is 5.38. The number of nitrogens with one attached hydrogen (secondary N) is 2. The number of anilines is 1. The average Bonchev–Trinajstić information content (AvgIpc) is 2.29. The fourth-order valence-electron chi connectivity index (χ4n) is 1.33. The number of carbonyl (C=O) groups is 1. The van der Waals surface area contributed by atoms with Crippen LogP contribution in [-0.4, -0.2) is 23.0 Å². The molecule has 0 atom stereocenters. The van der Waals surface area contributed by atoms with Crippen LogP contribution in [0.4, 0.5) is 10.5 Å². The maximum Gasteiger partial charge on any atom is 0.412 e. The first-order chi connectivity index (χ1) is 9.67. The highest BCUT2D eigenvalue weighted by molar-refractivity contribution is 9.10. The first-order valence-electron chi connectivity index (χ1n) is 6.05. The van der Waals surface area contributed by atoms with Crippen LogP contribution in [0.15, 0.2) is 27.8 Å². The molecule has 0 heterocycles. The third-order valence-corrected chi connectivity index (χ3v) is 2.61. The standard InChI is InChI=1S/C13H17BrN4O2S/c1-13(2,3)20-12(19)17-10-6-9(14)5-4-8(10)7-16-18-11(15)21/h4-7H,1-3H3,(H,17,19)(H3,15,18,21). The lowest BCUT2D eigenvalue weighted by Crippen LogP contribution is -2.27. The molecular weight excluding hydrogens is 356 g/mol. The van der Waals surface area contributed by atoms with E-state index in [0.29, 0.717) is 11.3 Å². The number of hydrogen-bond donors (Lipinski definition) is 3. The van der Waals surface area contributed by atoms with Gasteiger partial charge in [0, 0.05) is 10.0 Å². The van der Waals surface area contributed by atoms with E-state index in [1.165, 1.54) is 6.21 Å². The van der Waals surface area contributed by atoms with E-state index < -0.39 is 11.7 Å². The monoisotopic (exact) mass is 372 g/mol. The second-order valence-electron chi connectivity index (χ2n) is 5.09. The third-order valence-electron chi connectivity index (χ3n) is 2.03. The van der Waals surface area contributed by atoms with Crippen LogP contribution in [0, 0.1) is 0 Å². The van der Waals surface area contributed by atoms with Crippen LogP contribution >= 0.6 is 28.1 Å². The van der Waals surface area contributed by atoms with Gasteiger partial charge in [-0.15, -0.1) is 0 Å². The summed E-state index contributed by atoms with van der Waals surface area (Å²) in [5, 5.41) is 6.60. The van der Waals surface area contributed by atoms with Crippen molar-refractivity contribution in [2.24, 2.45) is 10.8 Å². The zero-order valence-electron chi connectivity index (χ0n) is 11.9. The van der Waals surface area contributed by atoms with Crippen LogP contribution in [0.25, 0.3) is 0 Å². The van der Waals surface area contributed by atoms with E-state index in [4.69, 9.17) is 10.5 Å². The largest absolute Gasteiger partial charge is 0.444 e. The minimum absolute atomic E-state index is 0.0602. The summed E-state index contributed by atoms with van der Waals surface area (Å²) in [7, 11) is 0. The highest BCUT2D eigenvalue weighted by atomic mass is 79.9. The van der Waals surface area contributed by atoms with Crippen molar-refractivity contribution in [3.63, 3.8) is 0 Å².